The smallest absolute Gasteiger partial charge is 0.311 e. The fourth-order valence-corrected chi connectivity index (χ4v) is 1.59. The number of carbonyl (C=O) groups excluding carboxylic acids is 1. The summed E-state index contributed by atoms with van der Waals surface area (Å²) in [6.45, 7) is 0. The zero-order valence-electron chi connectivity index (χ0n) is 10.8. The van der Waals surface area contributed by atoms with Gasteiger partial charge in [0.2, 0.25) is 0 Å². The first-order chi connectivity index (χ1) is 10.1. The molecule has 21 heavy (non-hydrogen) atoms. The minimum Gasteiger partial charge on any atom is -0.502 e. The van der Waals surface area contributed by atoms with E-state index in [1.165, 1.54) is 18.3 Å². The molecule has 2 aromatic carbocycles. The van der Waals surface area contributed by atoms with Crippen LogP contribution in [0.4, 0.5) is 5.69 Å². The van der Waals surface area contributed by atoms with Crippen LogP contribution in [0, 0.1) is 10.1 Å². The lowest BCUT2D eigenvalue weighted by molar-refractivity contribution is -0.385. The summed E-state index contributed by atoms with van der Waals surface area (Å²) in [7, 11) is 0. The Labute approximate surface area is 119 Å². The van der Waals surface area contributed by atoms with Crippen LogP contribution >= 0.6 is 0 Å². The minimum absolute atomic E-state index is 0.382. The van der Waals surface area contributed by atoms with E-state index >= 15 is 0 Å². The standard InChI is InChI=1S/C14H11N3O4/c18-13-7-6-10(8-12(13)17(20)21)9-15-16-14(19)11-4-2-1-3-5-11/h1-9,18H,(H,16,19)/b15-9-. The Kier molecular flexibility index (Phi) is 4.25. The van der Waals surface area contributed by atoms with Crippen molar-refractivity contribution in [3.8, 4) is 5.75 Å². The van der Waals surface area contributed by atoms with E-state index in [0.717, 1.165) is 6.07 Å². The number of phenols is 1. The number of nitrogens with zero attached hydrogens (tertiary/aromatic N) is 2. The second-order valence-electron chi connectivity index (χ2n) is 4.07. The first-order valence-electron chi connectivity index (χ1n) is 5.94. The van der Waals surface area contributed by atoms with Crippen LogP contribution < -0.4 is 5.43 Å². The van der Waals surface area contributed by atoms with Gasteiger partial charge in [-0.2, -0.15) is 5.10 Å². The van der Waals surface area contributed by atoms with Gasteiger partial charge in [0.25, 0.3) is 5.91 Å². The number of rotatable bonds is 4. The number of amides is 1. The van der Waals surface area contributed by atoms with E-state index in [-0.39, 0.29) is 5.91 Å². The highest BCUT2D eigenvalue weighted by Crippen LogP contribution is 2.25. The van der Waals surface area contributed by atoms with Gasteiger partial charge in [0, 0.05) is 17.2 Å². The maximum atomic E-state index is 11.7. The molecule has 0 bridgehead atoms. The molecule has 0 spiro atoms. The van der Waals surface area contributed by atoms with Crippen molar-refractivity contribution in [3.63, 3.8) is 0 Å². The highest BCUT2D eigenvalue weighted by molar-refractivity contribution is 5.94. The summed E-state index contributed by atoms with van der Waals surface area (Å²) >= 11 is 0. The lowest BCUT2D eigenvalue weighted by atomic mass is 10.2. The second kappa shape index (κ2) is 6.29. The molecule has 106 valence electrons. The molecule has 0 unspecified atom stereocenters. The normalized spacial score (nSPS) is 10.5. The zero-order chi connectivity index (χ0) is 15.2. The Hall–Kier alpha value is -3.22. The van der Waals surface area contributed by atoms with Gasteiger partial charge in [-0.15, -0.1) is 0 Å². The number of carbonyl (C=O) groups is 1. The van der Waals surface area contributed by atoms with Crippen LogP contribution in [-0.4, -0.2) is 22.2 Å². The summed E-state index contributed by atoms with van der Waals surface area (Å²) in [6.07, 6.45) is 1.26. The maximum absolute atomic E-state index is 11.7. The fraction of sp³-hybridized carbons (Fsp3) is 0. The number of phenolic OH excluding ortho intramolecular Hbond substituents is 1. The molecule has 0 fully saturated rings. The number of hydrogen-bond donors (Lipinski definition) is 2. The quantitative estimate of drug-likeness (QED) is 0.509. The van der Waals surface area contributed by atoms with E-state index in [9.17, 15) is 20.0 Å². The number of hydrazone groups is 1. The van der Waals surface area contributed by atoms with Crippen LogP contribution in [0.5, 0.6) is 5.75 Å². The summed E-state index contributed by atoms with van der Waals surface area (Å²) in [4.78, 5) is 21.7. The predicted molar refractivity (Wildman–Crippen MR) is 76.3 cm³/mol. The molecule has 0 atom stereocenters. The highest BCUT2D eigenvalue weighted by atomic mass is 16.6. The molecule has 7 heteroatoms. The molecule has 0 saturated carbocycles. The third-order valence-electron chi connectivity index (χ3n) is 2.61. The molecule has 0 aliphatic carbocycles. The zero-order valence-corrected chi connectivity index (χ0v) is 10.8. The third kappa shape index (κ3) is 3.63. The molecule has 0 radical (unpaired) electrons. The number of aromatic hydroxyl groups is 1. The van der Waals surface area contributed by atoms with Gasteiger partial charge in [0.1, 0.15) is 0 Å². The molecular formula is C14H11N3O4. The topological polar surface area (TPSA) is 105 Å². The van der Waals surface area contributed by atoms with E-state index < -0.39 is 16.4 Å². The average Bonchev–Trinajstić information content (AvgIpc) is 2.49. The van der Waals surface area contributed by atoms with E-state index in [4.69, 9.17) is 0 Å². The molecule has 0 aromatic heterocycles. The predicted octanol–water partition coefficient (Wildman–Crippen LogP) is 2.06. The molecule has 1 amide bonds. The number of nitro benzene ring substituents is 1. The van der Waals surface area contributed by atoms with Crippen LogP contribution in [0.2, 0.25) is 0 Å². The van der Waals surface area contributed by atoms with Crippen LogP contribution in [0.3, 0.4) is 0 Å². The molecule has 0 heterocycles. The molecule has 0 saturated heterocycles. The first kappa shape index (κ1) is 14.2. The van der Waals surface area contributed by atoms with Gasteiger partial charge in [-0.3, -0.25) is 14.9 Å². The monoisotopic (exact) mass is 285 g/mol. The van der Waals surface area contributed by atoms with Crippen molar-refractivity contribution in [1.29, 1.82) is 0 Å². The Morgan fingerprint density at radius 1 is 1.24 bits per heavy atom. The molecule has 2 rings (SSSR count). The summed E-state index contributed by atoms with van der Waals surface area (Å²) in [5.41, 5.74) is 2.72. The Bertz CT molecular complexity index is 699. The van der Waals surface area contributed by atoms with Gasteiger partial charge < -0.3 is 5.11 Å². The van der Waals surface area contributed by atoms with E-state index in [0.29, 0.717) is 11.1 Å². The van der Waals surface area contributed by atoms with Crippen molar-refractivity contribution in [2.24, 2.45) is 5.10 Å². The van der Waals surface area contributed by atoms with Crippen molar-refractivity contribution >= 4 is 17.8 Å². The molecule has 2 aromatic rings. The van der Waals surface area contributed by atoms with Gasteiger partial charge in [-0.1, -0.05) is 18.2 Å². The summed E-state index contributed by atoms with van der Waals surface area (Å²) < 4.78 is 0. The van der Waals surface area contributed by atoms with Crippen molar-refractivity contribution in [2.75, 3.05) is 0 Å². The fourth-order valence-electron chi connectivity index (χ4n) is 1.59. The molecule has 7 nitrogen and oxygen atoms in total. The van der Waals surface area contributed by atoms with Gasteiger partial charge in [0.05, 0.1) is 11.1 Å². The van der Waals surface area contributed by atoms with Crippen LogP contribution in [0.1, 0.15) is 15.9 Å². The second-order valence-corrected chi connectivity index (χ2v) is 4.07. The van der Waals surface area contributed by atoms with Crippen molar-refractivity contribution in [2.45, 2.75) is 0 Å². The molecule has 0 aliphatic rings. The highest BCUT2D eigenvalue weighted by Gasteiger charge is 2.12. The lowest BCUT2D eigenvalue weighted by Gasteiger charge is -1.99. The van der Waals surface area contributed by atoms with E-state index in [1.54, 1.807) is 30.3 Å². The van der Waals surface area contributed by atoms with Gasteiger partial charge >= 0.3 is 5.69 Å². The first-order valence-corrected chi connectivity index (χ1v) is 5.94. The van der Waals surface area contributed by atoms with E-state index in [1.807, 2.05) is 0 Å². The Morgan fingerprint density at radius 2 is 1.95 bits per heavy atom. The summed E-state index contributed by atoms with van der Waals surface area (Å²) in [6, 6.07) is 12.3. The lowest BCUT2D eigenvalue weighted by Crippen LogP contribution is -2.17. The molecule has 0 aliphatic heterocycles. The maximum Gasteiger partial charge on any atom is 0.311 e. The Balaban J connectivity index is 2.07. The minimum atomic E-state index is -0.699. The van der Waals surface area contributed by atoms with Gasteiger partial charge in [0.15, 0.2) is 5.75 Å². The molecular weight excluding hydrogens is 274 g/mol. The van der Waals surface area contributed by atoms with Crippen LogP contribution in [0.25, 0.3) is 0 Å². The van der Waals surface area contributed by atoms with Crippen LogP contribution in [-0.2, 0) is 0 Å². The number of hydrogen-bond acceptors (Lipinski definition) is 5. The Morgan fingerprint density at radius 3 is 2.62 bits per heavy atom. The van der Waals surface area contributed by atoms with Crippen molar-refractivity contribution in [3.05, 3.63) is 69.8 Å². The van der Waals surface area contributed by atoms with Gasteiger partial charge in [-0.25, -0.2) is 5.43 Å². The summed E-state index contributed by atoms with van der Waals surface area (Å²) in [5.74, 6) is -0.814. The summed E-state index contributed by atoms with van der Waals surface area (Å²) in [5, 5.41) is 23.7. The van der Waals surface area contributed by atoms with Crippen LogP contribution in [0.15, 0.2) is 53.6 Å². The van der Waals surface area contributed by atoms with E-state index in [2.05, 4.69) is 10.5 Å². The van der Waals surface area contributed by atoms with Gasteiger partial charge in [-0.05, 0) is 24.3 Å². The average molecular weight is 285 g/mol. The third-order valence-corrected chi connectivity index (χ3v) is 2.61. The van der Waals surface area contributed by atoms with Crippen molar-refractivity contribution < 1.29 is 14.8 Å². The largest absolute Gasteiger partial charge is 0.502 e. The number of nitrogens with one attached hydrogen (secondary N) is 1. The SMILES string of the molecule is O=C(N/N=C\c1ccc(O)c([N+](=O)[O-])c1)c1ccccc1. The number of benzene rings is 2. The van der Waals surface area contributed by atoms with Crippen molar-refractivity contribution in [1.82, 2.24) is 5.43 Å². The molecule has 2 N–H and O–H groups in total. The number of nitro groups is 1.